The third kappa shape index (κ3) is 5.09. The topological polar surface area (TPSA) is 61.8 Å². The first-order valence-corrected chi connectivity index (χ1v) is 6.21. The van der Waals surface area contributed by atoms with Gasteiger partial charge in [-0.1, -0.05) is 6.07 Å². The summed E-state index contributed by atoms with van der Waals surface area (Å²) in [6.07, 6.45) is 0. The van der Waals surface area contributed by atoms with Crippen molar-refractivity contribution in [2.75, 3.05) is 26.4 Å². The maximum Gasteiger partial charge on any atom is 0.338 e. The Bertz CT molecular complexity index is 428. The van der Waals surface area contributed by atoms with Crippen molar-refractivity contribution >= 4 is 11.9 Å². The molecule has 1 aromatic carbocycles. The van der Waals surface area contributed by atoms with Crippen LogP contribution in [0.4, 0.5) is 0 Å². The van der Waals surface area contributed by atoms with E-state index in [1.165, 1.54) is 6.07 Å². The van der Waals surface area contributed by atoms with Crippen molar-refractivity contribution < 1.29 is 23.8 Å². The minimum Gasteiger partial charge on any atom is -0.462 e. The second kappa shape index (κ2) is 8.26. The van der Waals surface area contributed by atoms with Crippen LogP contribution < -0.4 is 0 Å². The van der Waals surface area contributed by atoms with Gasteiger partial charge < -0.3 is 14.2 Å². The first-order chi connectivity index (χ1) is 9.19. The van der Waals surface area contributed by atoms with E-state index in [2.05, 4.69) is 0 Å². The zero-order valence-electron chi connectivity index (χ0n) is 11.2. The van der Waals surface area contributed by atoms with Crippen LogP contribution in [0.15, 0.2) is 24.3 Å². The second-order valence-electron chi connectivity index (χ2n) is 3.63. The number of rotatable bonds is 7. The van der Waals surface area contributed by atoms with Crippen molar-refractivity contribution in [1.82, 2.24) is 0 Å². The Morgan fingerprint density at radius 1 is 0.947 bits per heavy atom. The predicted molar refractivity (Wildman–Crippen MR) is 69.2 cm³/mol. The average molecular weight is 266 g/mol. The Kier molecular flexibility index (Phi) is 6.60. The van der Waals surface area contributed by atoms with Crippen molar-refractivity contribution in [3.8, 4) is 0 Å². The van der Waals surface area contributed by atoms with Gasteiger partial charge in [0, 0.05) is 6.61 Å². The van der Waals surface area contributed by atoms with Crippen molar-refractivity contribution in [2.24, 2.45) is 0 Å². The van der Waals surface area contributed by atoms with E-state index in [9.17, 15) is 9.59 Å². The van der Waals surface area contributed by atoms with Gasteiger partial charge in [-0.05, 0) is 32.0 Å². The van der Waals surface area contributed by atoms with Crippen LogP contribution in [0.2, 0.25) is 0 Å². The molecule has 0 aromatic heterocycles. The summed E-state index contributed by atoms with van der Waals surface area (Å²) in [5, 5.41) is 0. The normalized spacial score (nSPS) is 10.0. The SMILES string of the molecule is CCOCCOC(=O)c1cccc(C(=O)OCC)c1. The number of hydrogen-bond donors (Lipinski definition) is 0. The van der Waals surface area contributed by atoms with Gasteiger partial charge in [-0.25, -0.2) is 9.59 Å². The lowest BCUT2D eigenvalue weighted by Crippen LogP contribution is -2.12. The standard InChI is InChI=1S/C14H18O5/c1-3-17-8-9-19-14(16)12-7-5-6-11(10-12)13(15)18-4-2/h5-7,10H,3-4,8-9H2,1-2H3. The van der Waals surface area contributed by atoms with E-state index in [1.807, 2.05) is 6.92 Å². The van der Waals surface area contributed by atoms with Crippen LogP contribution in [0.1, 0.15) is 34.6 Å². The molecule has 0 spiro atoms. The van der Waals surface area contributed by atoms with Crippen molar-refractivity contribution in [3.63, 3.8) is 0 Å². The van der Waals surface area contributed by atoms with E-state index < -0.39 is 11.9 Å². The predicted octanol–water partition coefficient (Wildman–Crippen LogP) is 2.06. The Balaban J connectivity index is 2.60. The van der Waals surface area contributed by atoms with E-state index >= 15 is 0 Å². The van der Waals surface area contributed by atoms with Crippen molar-refractivity contribution in [2.45, 2.75) is 13.8 Å². The molecule has 0 radical (unpaired) electrons. The molecule has 1 aromatic rings. The van der Waals surface area contributed by atoms with Crippen LogP contribution in [0, 0.1) is 0 Å². The van der Waals surface area contributed by atoms with Gasteiger partial charge in [0.25, 0.3) is 0 Å². The molecule has 0 saturated heterocycles. The molecule has 0 heterocycles. The average Bonchev–Trinajstić information content (AvgIpc) is 2.44. The zero-order valence-corrected chi connectivity index (χ0v) is 11.2. The molecular weight excluding hydrogens is 248 g/mol. The summed E-state index contributed by atoms with van der Waals surface area (Å²) >= 11 is 0. The maximum absolute atomic E-state index is 11.7. The molecule has 104 valence electrons. The summed E-state index contributed by atoms with van der Waals surface area (Å²) in [5.74, 6) is -0.933. The molecule has 0 amide bonds. The van der Waals surface area contributed by atoms with Crippen LogP contribution in [0.25, 0.3) is 0 Å². The fourth-order valence-corrected chi connectivity index (χ4v) is 1.41. The molecule has 0 unspecified atom stereocenters. The monoisotopic (exact) mass is 266 g/mol. The van der Waals surface area contributed by atoms with E-state index in [-0.39, 0.29) is 6.61 Å². The van der Waals surface area contributed by atoms with Crippen LogP contribution in [0.5, 0.6) is 0 Å². The smallest absolute Gasteiger partial charge is 0.338 e. The zero-order chi connectivity index (χ0) is 14.1. The van der Waals surface area contributed by atoms with Gasteiger partial charge in [-0.15, -0.1) is 0 Å². The molecule has 0 saturated carbocycles. The lowest BCUT2D eigenvalue weighted by molar-refractivity contribution is 0.0335. The summed E-state index contributed by atoms with van der Waals surface area (Å²) in [6, 6.07) is 6.26. The van der Waals surface area contributed by atoms with Crippen molar-refractivity contribution in [3.05, 3.63) is 35.4 Å². The first-order valence-electron chi connectivity index (χ1n) is 6.21. The maximum atomic E-state index is 11.7. The number of benzene rings is 1. The fourth-order valence-electron chi connectivity index (χ4n) is 1.41. The molecule has 0 aliphatic carbocycles. The second-order valence-corrected chi connectivity index (χ2v) is 3.63. The molecular formula is C14H18O5. The van der Waals surface area contributed by atoms with Gasteiger partial charge >= 0.3 is 11.9 Å². The lowest BCUT2D eigenvalue weighted by atomic mass is 10.1. The quantitative estimate of drug-likeness (QED) is 0.558. The number of ether oxygens (including phenoxy) is 3. The van der Waals surface area contributed by atoms with Crippen LogP contribution >= 0.6 is 0 Å². The van der Waals surface area contributed by atoms with E-state index in [0.29, 0.717) is 30.9 Å². The Labute approximate surface area is 112 Å². The highest BCUT2D eigenvalue weighted by Gasteiger charge is 2.11. The minimum absolute atomic E-state index is 0.191. The fraction of sp³-hybridized carbons (Fsp3) is 0.429. The Morgan fingerprint density at radius 2 is 1.58 bits per heavy atom. The molecule has 0 aliphatic rings. The third-order valence-electron chi connectivity index (χ3n) is 2.27. The van der Waals surface area contributed by atoms with Gasteiger partial charge in [0.2, 0.25) is 0 Å². The molecule has 0 atom stereocenters. The van der Waals surface area contributed by atoms with Gasteiger partial charge in [-0.2, -0.15) is 0 Å². The highest BCUT2D eigenvalue weighted by atomic mass is 16.6. The van der Waals surface area contributed by atoms with Gasteiger partial charge in [0.15, 0.2) is 0 Å². The number of carbonyl (C=O) groups is 2. The molecule has 5 nitrogen and oxygen atoms in total. The van der Waals surface area contributed by atoms with Crippen LogP contribution in [-0.2, 0) is 14.2 Å². The molecule has 19 heavy (non-hydrogen) atoms. The van der Waals surface area contributed by atoms with E-state index in [4.69, 9.17) is 14.2 Å². The number of hydrogen-bond acceptors (Lipinski definition) is 5. The minimum atomic E-state index is -0.481. The summed E-state index contributed by atoms with van der Waals surface area (Å²) in [7, 11) is 0. The largest absolute Gasteiger partial charge is 0.462 e. The van der Waals surface area contributed by atoms with Gasteiger partial charge in [-0.3, -0.25) is 0 Å². The highest BCUT2D eigenvalue weighted by molar-refractivity contribution is 5.95. The Morgan fingerprint density at radius 3 is 2.16 bits per heavy atom. The van der Waals surface area contributed by atoms with Gasteiger partial charge in [0.1, 0.15) is 6.61 Å². The van der Waals surface area contributed by atoms with Crippen molar-refractivity contribution in [1.29, 1.82) is 0 Å². The first kappa shape index (κ1) is 15.2. The summed E-state index contributed by atoms with van der Waals surface area (Å²) in [6.45, 7) is 5.02. The van der Waals surface area contributed by atoms with Crippen LogP contribution in [0.3, 0.4) is 0 Å². The number of esters is 2. The molecule has 0 N–H and O–H groups in total. The summed E-state index contributed by atoms with van der Waals surface area (Å²) in [5.41, 5.74) is 0.656. The third-order valence-corrected chi connectivity index (χ3v) is 2.27. The highest BCUT2D eigenvalue weighted by Crippen LogP contribution is 2.08. The van der Waals surface area contributed by atoms with E-state index in [1.54, 1.807) is 25.1 Å². The summed E-state index contributed by atoms with van der Waals surface area (Å²) < 4.78 is 14.9. The molecule has 5 heteroatoms. The molecule has 0 fully saturated rings. The molecule has 0 bridgehead atoms. The van der Waals surface area contributed by atoms with Gasteiger partial charge in [0.05, 0.1) is 24.3 Å². The van der Waals surface area contributed by atoms with Crippen LogP contribution in [-0.4, -0.2) is 38.4 Å². The Hall–Kier alpha value is -1.88. The molecule has 1 rings (SSSR count). The molecule has 0 aliphatic heterocycles. The van der Waals surface area contributed by atoms with E-state index in [0.717, 1.165) is 0 Å². The lowest BCUT2D eigenvalue weighted by Gasteiger charge is -2.06. The summed E-state index contributed by atoms with van der Waals surface area (Å²) in [4.78, 5) is 23.2. The number of carbonyl (C=O) groups excluding carboxylic acids is 2.